The summed E-state index contributed by atoms with van der Waals surface area (Å²) in [5.74, 6) is 0.164. The number of piperidine rings is 1. The fraction of sp³-hybridized carbons (Fsp3) is 0.833. The van der Waals surface area contributed by atoms with Crippen LogP contribution in [0.1, 0.15) is 12.8 Å². The first kappa shape index (κ1) is 16.2. The predicted octanol–water partition coefficient (Wildman–Crippen LogP) is -0.523. The summed E-state index contributed by atoms with van der Waals surface area (Å²) in [6, 6.07) is 0.175. The van der Waals surface area contributed by atoms with Crippen LogP contribution in [-0.2, 0) is 14.3 Å². The second-order valence-corrected chi connectivity index (χ2v) is 4.83. The number of ether oxygens (including phenoxy) is 1. The first-order valence-electron chi connectivity index (χ1n) is 6.49. The third-order valence-electron chi connectivity index (χ3n) is 3.58. The summed E-state index contributed by atoms with van der Waals surface area (Å²) in [6.45, 7) is 3.56. The highest BCUT2D eigenvalue weighted by Gasteiger charge is 2.31. The highest BCUT2D eigenvalue weighted by atomic mass is 35.5. The van der Waals surface area contributed by atoms with Gasteiger partial charge >= 0.3 is 0 Å². The zero-order valence-electron chi connectivity index (χ0n) is 11.3. The second kappa shape index (κ2) is 7.67. The van der Waals surface area contributed by atoms with Crippen LogP contribution in [0.3, 0.4) is 0 Å². The van der Waals surface area contributed by atoms with Crippen molar-refractivity contribution in [1.29, 1.82) is 0 Å². The molecule has 2 heterocycles. The third kappa shape index (κ3) is 4.06. The van der Waals surface area contributed by atoms with Crippen molar-refractivity contribution in [1.82, 2.24) is 15.1 Å². The van der Waals surface area contributed by atoms with E-state index in [0.29, 0.717) is 13.1 Å². The maximum absolute atomic E-state index is 11.8. The molecular weight excluding hydrogens is 270 g/mol. The minimum Gasteiger partial charge on any atom is -0.375 e. The average molecular weight is 292 g/mol. The number of nitrogens with one attached hydrogen (secondary N) is 1. The summed E-state index contributed by atoms with van der Waals surface area (Å²) in [5.41, 5.74) is 0. The first-order chi connectivity index (χ1) is 8.72. The van der Waals surface area contributed by atoms with Gasteiger partial charge in [0.05, 0.1) is 6.54 Å². The molecule has 1 atom stereocenters. The number of likely N-dealkylation sites (tertiary alicyclic amines) is 1. The smallest absolute Gasteiger partial charge is 0.248 e. The topological polar surface area (TPSA) is 61.9 Å². The molecule has 0 spiro atoms. The molecule has 7 heteroatoms. The molecule has 1 unspecified atom stereocenters. The minimum atomic E-state index is 0. The van der Waals surface area contributed by atoms with E-state index < -0.39 is 0 Å². The zero-order valence-corrected chi connectivity index (χ0v) is 12.1. The molecule has 0 aromatic rings. The SMILES string of the molecule is COCC(=O)N1CCCC(N2CCNCC2=O)C1.Cl. The number of piperazine rings is 1. The van der Waals surface area contributed by atoms with Crippen molar-refractivity contribution in [2.24, 2.45) is 0 Å². The standard InChI is InChI=1S/C12H21N3O3.ClH/c1-18-9-12(17)14-5-2-3-10(8-14)15-6-4-13-7-11(15)16;/h10,13H,2-9H2,1H3;1H. The lowest BCUT2D eigenvalue weighted by Crippen LogP contribution is -2.57. The van der Waals surface area contributed by atoms with E-state index >= 15 is 0 Å². The molecule has 1 N–H and O–H groups in total. The number of halogens is 1. The van der Waals surface area contributed by atoms with Crippen LogP contribution in [0.2, 0.25) is 0 Å². The lowest BCUT2D eigenvalue weighted by molar-refractivity contribution is -0.142. The molecule has 2 aliphatic heterocycles. The highest BCUT2D eigenvalue weighted by Crippen LogP contribution is 2.17. The Hall–Kier alpha value is -0.850. The normalized spacial score (nSPS) is 24.1. The van der Waals surface area contributed by atoms with Crippen molar-refractivity contribution in [3.8, 4) is 0 Å². The molecule has 2 rings (SSSR count). The lowest BCUT2D eigenvalue weighted by Gasteiger charge is -2.41. The molecule has 0 radical (unpaired) electrons. The fourth-order valence-electron chi connectivity index (χ4n) is 2.66. The van der Waals surface area contributed by atoms with Gasteiger partial charge in [-0.1, -0.05) is 0 Å². The first-order valence-corrected chi connectivity index (χ1v) is 6.49. The van der Waals surface area contributed by atoms with Gasteiger partial charge in [-0.05, 0) is 12.8 Å². The Balaban J connectivity index is 0.00000180. The molecule has 0 aromatic heterocycles. The number of hydrogen-bond donors (Lipinski definition) is 1. The van der Waals surface area contributed by atoms with Gasteiger partial charge < -0.3 is 19.9 Å². The Morgan fingerprint density at radius 3 is 2.95 bits per heavy atom. The maximum atomic E-state index is 11.8. The van der Waals surface area contributed by atoms with Crippen LogP contribution in [0.15, 0.2) is 0 Å². The summed E-state index contributed by atoms with van der Waals surface area (Å²) in [5, 5.41) is 3.07. The monoisotopic (exact) mass is 291 g/mol. The number of nitrogens with zero attached hydrogens (tertiary/aromatic N) is 2. The van der Waals surface area contributed by atoms with Gasteiger partial charge in [-0.3, -0.25) is 9.59 Å². The van der Waals surface area contributed by atoms with Crippen molar-refractivity contribution in [2.45, 2.75) is 18.9 Å². The molecule has 2 aliphatic rings. The van der Waals surface area contributed by atoms with Crippen LogP contribution >= 0.6 is 12.4 Å². The Labute approximate surface area is 119 Å². The van der Waals surface area contributed by atoms with Crippen LogP contribution in [0.25, 0.3) is 0 Å². The molecule has 2 fully saturated rings. The van der Waals surface area contributed by atoms with Gasteiger partial charge in [0.15, 0.2) is 0 Å². The maximum Gasteiger partial charge on any atom is 0.248 e. The van der Waals surface area contributed by atoms with Gasteiger partial charge in [0, 0.05) is 39.3 Å². The van der Waals surface area contributed by atoms with Gasteiger partial charge in [-0.15, -0.1) is 12.4 Å². The van der Waals surface area contributed by atoms with Gasteiger partial charge in [-0.2, -0.15) is 0 Å². The Bertz CT molecular complexity index is 327. The molecule has 0 bridgehead atoms. The van der Waals surface area contributed by atoms with Crippen LogP contribution in [0.5, 0.6) is 0 Å². The van der Waals surface area contributed by atoms with Crippen molar-refractivity contribution in [2.75, 3.05) is 46.4 Å². The van der Waals surface area contributed by atoms with E-state index in [-0.39, 0.29) is 36.9 Å². The summed E-state index contributed by atoms with van der Waals surface area (Å²) < 4.78 is 4.88. The van der Waals surface area contributed by atoms with E-state index in [2.05, 4.69) is 5.32 Å². The minimum absolute atomic E-state index is 0. The molecule has 2 amide bonds. The van der Waals surface area contributed by atoms with Gasteiger partial charge in [0.25, 0.3) is 0 Å². The highest BCUT2D eigenvalue weighted by molar-refractivity contribution is 5.85. The molecular formula is C12H22ClN3O3. The number of hydrogen-bond acceptors (Lipinski definition) is 4. The van der Waals surface area contributed by atoms with E-state index in [4.69, 9.17) is 4.74 Å². The average Bonchev–Trinajstić information content (AvgIpc) is 2.40. The van der Waals surface area contributed by atoms with Crippen molar-refractivity contribution < 1.29 is 14.3 Å². The van der Waals surface area contributed by atoms with Crippen molar-refractivity contribution >= 4 is 24.2 Å². The molecule has 0 aromatic carbocycles. The van der Waals surface area contributed by atoms with Crippen molar-refractivity contribution in [3.63, 3.8) is 0 Å². The number of methoxy groups -OCH3 is 1. The lowest BCUT2D eigenvalue weighted by atomic mass is 10.0. The van der Waals surface area contributed by atoms with Crippen molar-refractivity contribution in [3.05, 3.63) is 0 Å². The number of carbonyl (C=O) groups excluding carboxylic acids is 2. The van der Waals surface area contributed by atoms with Crippen LogP contribution in [0.4, 0.5) is 0 Å². The van der Waals surface area contributed by atoms with Gasteiger partial charge in [0.2, 0.25) is 11.8 Å². The summed E-state index contributed by atoms with van der Waals surface area (Å²) in [4.78, 5) is 27.4. The summed E-state index contributed by atoms with van der Waals surface area (Å²) in [7, 11) is 1.53. The van der Waals surface area contributed by atoms with Gasteiger partial charge in [0.1, 0.15) is 6.61 Å². The molecule has 2 saturated heterocycles. The zero-order chi connectivity index (χ0) is 13.0. The Morgan fingerprint density at radius 1 is 1.47 bits per heavy atom. The second-order valence-electron chi connectivity index (χ2n) is 4.83. The molecule has 0 saturated carbocycles. The van der Waals surface area contributed by atoms with Crippen LogP contribution < -0.4 is 5.32 Å². The molecule has 110 valence electrons. The third-order valence-corrected chi connectivity index (χ3v) is 3.58. The van der Waals surface area contributed by atoms with E-state index in [0.717, 1.165) is 32.5 Å². The number of amides is 2. The molecule has 19 heavy (non-hydrogen) atoms. The summed E-state index contributed by atoms with van der Waals surface area (Å²) >= 11 is 0. The van der Waals surface area contributed by atoms with Crippen LogP contribution in [-0.4, -0.2) is 74.1 Å². The molecule has 0 aliphatic carbocycles. The van der Waals surface area contributed by atoms with Gasteiger partial charge in [-0.25, -0.2) is 0 Å². The quantitative estimate of drug-likeness (QED) is 0.760. The van der Waals surface area contributed by atoms with E-state index in [1.807, 2.05) is 9.80 Å². The largest absolute Gasteiger partial charge is 0.375 e. The van der Waals surface area contributed by atoms with Crippen LogP contribution in [0, 0.1) is 0 Å². The Morgan fingerprint density at radius 2 is 2.26 bits per heavy atom. The number of carbonyl (C=O) groups is 2. The molecule has 6 nitrogen and oxygen atoms in total. The Kier molecular flexibility index (Phi) is 6.54. The summed E-state index contributed by atoms with van der Waals surface area (Å²) in [6.07, 6.45) is 1.94. The number of rotatable bonds is 3. The van der Waals surface area contributed by atoms with E-state index in [1.165, 1.54) is 7.11 Å². The van der Waals surface area contributed by atoms with E-state index in [9.17, 15) is 9.59 Å². The predicted molar refractivity (Wildman–Crippen MR) is 73.3 cm³/mol. The van der Waals surface area contributed by atoms with E-state index in [1.54, 1.807) is 0 Å². The fourth-order valence-corrected chi connectivity index (χ4v) is 2.66.